The second-order valence-electron chi connectivity index (χ2n) is 8.63. The van der Waals surface area contributed by atoms with Crippen LogP contribution in [0.1, 0.15) is 42.5 Å². The number of fused-ring (bicyclic) bond motifs is 1. The molecule has 5 rings (SSSR count). The molecule has 2 saturated heterocycles. The van der Waals surface area contributed by atoms with Gasteiger partial charge < -0.3 is 24.6 Å². The quantitative estimate of drug-likeness (QED) is 0.435. The molecule has 2 fully saturated rings. The molecule has 0 aliphatic carbocycles. The number of benzene rings is 2. The van der Waals surface area contributed by atoms with E-state index in [2.05, 4.69) is 0 Å². The number of hydrogen-bond donors (Lipinski definition) is 2. The van der Waals surface area contributed by atoms with Crippen LogP contribution in [0.25, 0.3) is 5.76 Å². The molecule has 7 heteroatoms. The number of carbonyl (C=O) groups is 2. The Balaban J connectivity index is 1.59. The van der Waals surface area contributed by atoms with Gasteiger partial charge in [0, 0.05) is 25.1 Å². The van der Waals surface area contributed by atoms with Gasteiger partial charge in [0.1, 0.15) is 23.4 Å². The van der Waals surface area contributed by atoms with Crippen LogP contribution in [-0.2, 0) is 20.7 Å². The number of hydrogen-bond acceptors (Lipinski definition) is 6. The SMILES string of the molecule is CC1Cc2cc(C(O)=C3C(=O)C(=O)N(CC4CCCO4)C3c3ccc(O)cc3)ccc2O1. The van der Waals surface area contributed by atoms with Crippen molar-refractivity contribution in [3.05, 3.63) is 64.7 Å². The van der Waals surface area contributed by atoms with Crippen LogP contribution in [0.4, 0.5) is 0 Å². The van der Waals surface area contributed by atoms with E-state index < -0.39 is 17.7 Å². The van der Waals surface area contributed by atoms with Crippen molar-refractivity contribution >= 4 is 17.4 Å². The van der Waals surface area contributed by atoms with Gasteiger partial charge in [-0.2, -0.15) is 0 Å². The largest absolute Gasteiger partial charge is 0.508 e. The van der Waals surface area contributed by atoms with Crippen LogP contribution >= 0.6 is 0 Å². The van der Waals surface area contributed by atoms with E-state index in [1.807, 2.05) is 13.0 Å². The zero-order valence-electron chi connectivity index (χ0n) is 17.8. The Bertz CT molecular complexity index is 1100. The molecule has 3 aliphatic heterocycles. The first-order valence-corrected chi connectivity index (χ1v) is 10.9. The number of phenols is 1. The second kappa shape index (κ2) is 7.98. The number of aliphatic hydroxyl groups excluding tert-OH is 1. The molecule has 3 unspecified atom stereocenters. The fourth-order valence-electron chi connectivity index (χ4n) is 4.80. The van der Waals surface area contributed by atoms with Gasteiger partial charge in [0.15, 0.2) is 0 Å². The maximum atomic E-state index is 13.1. The Morgan fingerprint density at radius 1 is 1.16 bits per heavy atom. The van der Waals surface area contributed by atoms with Crippen molar-refractivity contribution in [3.8, 4) is 11.5 Å². The third-order valence-corrected chi connectivity index (χ3v) is 6.34. The average molecular weight is 435 g/mol. The number of aliphatic hydroxyl groups is 1. The molecule has 0 bridgehead atoms. The zero-order valence-corrected chi connectivity index (χ0v) is 17.8. The zero-order chi connectivity index (χ0) is 22.4. The van der Waals surface area contributed by atoms with Crippen LogP contribution in [0.15, 0.2) is 48.0 Å². The summed E-state index contributed by atoms with van der Waals surface area (Å²) < 4.78 is 11.4. The van der Waals surface area contributed by atoms with E-state index in [0.717, 1.165) is 24.2 Å². The van der Waals surface area contributed by atoms with Crippen LogP contribution in [-0.4, -0.2) is 52.2 Å². The molecule has 166 valence electrons. The van der Waals surface area contributed by atoms with E-state index in [4.69, 9.17) is 9.47 Å². The van der Waals surface area contributed by atoms with Crippen LogP contribution in [0.3, 0.4) is 0 Å². The predicted octanol–water partition coefficient (Wildman–Crippen LogP) is 3.32. The van der Waals surface area contributed by atoms with Gasteiger partial charge >= 0.3 is 0 Å². The average Bonchev–Trinajstić information content (AvgIpc) is 3.48. The first-order chi connectivity index (χ1) is 15.4. The molecular formula is C25H25NO6. The number of ether oxygens (including phenoxy) is 2. The number of Topliss-reactive ketones (excluding diaryl/α,β-unsaturated/α-hetero) is 1. The number of likely N-dealkylation sites (tertiary alicyclic amines) is 1. The topological polar surface area (TPSA) is 96.3 Å². The number of nitrogens with zero attached hydrogens (tertiary/aromatic N) is 1. The first kappa shape index (κ1) is 20.6. The summed E-state index contributed by atoms with van der Waals surface area (Å²) in [5.74, 6) is -0.735. The van der Waals surface area contributed by atoms with Gasteiger partial charge in [-0.1, -0.05) is 12.1 Å². The fraction of sp³-hybridized carbons (Fsp3) is 0.360. The molecule has 32 heavy (non-hydrogen) atoms. The maximum absolute atomic E-state index is 13.1. The van der Waals surface area contributed by atoms with Crippen LogP contribution < -0.4 is 4.74 Å². The summed E-state index contributed by atoms with van der Waals surface area (Å²) in [7, 11) is 0. The van der Waals surface area contributed by atoms with E-state index in [1.54, 1.807) is 24.3 Å². The number of aromatic hydroxyl groups is 1. The first-order valence-electron chi connectivity index (χ1n) is 10.9. The molecule has 2 aromatic carbocycles. The third kappa shape index (κ3) is 3.52. The number of carbonyl (C=O) groups excluding carboxylic acids is 2. The van der Waals surface area contributed by atoms with Crippen molar-refractivity contribution in [2.24, 2.45) is 0 Å². The van der Waals surface area contributed by atoms with Crippen LogP contribution in [0.2, 0.25) is 0 Å². The molecule has 0 aromatic heterocycles. The summed E-state index contributed by atoms with van der Waals surface area (Å²) in [4.78, 5) is 27.6. The summed E-state index contributed by atoms with van der Waals surface area (Å²) in [6.45, 7) is 2.87. The monoisotopic (exact) mass is 435 g/mol. The molecule has 3 aliphatic rings. The van der Waals surface area contributed by atoms with E-state index in [1.165, 1.54) is 17.0 Å². The molecule has 0 radical (unpaired) electrons. The lowest BCUT2D eigenvalue weighted by Gasteiger charge is -2.27. The molecule has 3 heterocycles. The number of ketones is 1. The second-order valence-corrected chi connectivity index (χ2v) is 8.63. The molecule has 2 aromatic rings. The minimum Gasteiger partial charge on any atom is -0.508 e. The van der Waals surface area contributed by atoms with E-state index >= 15 is 0 Å². The highest BCUT2D eigenvalue weighted by Gasteiger charge is 2.47. The Hall–Kier alpha value is -3.32. The van der Waals surface area contributed by atoms with Crippen LogP contribution in [0.5, 0.6) is 11.5 Å². The highest BCUT2D eigenvalue weighted by Crippen LogP contribution is 2.41. The highest BCUT2D eigenvalue weighted by molar-refractivity contribution is 6.46. The number of rotatable bonds is 4. The normalized spacial score (nSPS) is 26.4. The van der Waals surface area contributed by atoms with Gasteiger partial charge in [-0.25, -0.2) is 0 Å². The Morgan fingerprint density at radius 3 is 2.66 bits per heavy atom. The van der Waals surface area contributed by atoms with Crippen molar-refractivity contribution in [3.63, 3.8) is 0 Å². The highest BCUT2D eigenvalue weighted by atomic mass is 16.5. The Morgan fingerprint density at radius 2 is 1.94 bits per heavy atom. The predicted molar refractivity (Wildman–Crippen MR) is 116 cm³/mol. The Kier molecular flexibility index (Phi) is 5.13. The number of phenolic OH excluding ortho intramolecular Hbond substituents is 1. The minimum atomic E-state index is -0.761. The van der Waals surface area contributed by atoms with E-state index in [-0.39, 0.29) is 35.8 Å². The van der Waals surface area contributed by atoms with Crippen molar-refractivity contribution < 1.29 is 29.3 Å². The summed E-state index contributed by atoms with van der Waals surface area (Å²) in [6, 6.07) is 10.9. The van der Waals surface area contributed by atoms with Crippen LogP contribution in [0, 0.1) is 0 Å². The molecule has 0 spiro atoms. The van der Waals surface area contributed by atoms with E-state index in [9.17, 15) is 19.8 Å². The summed E-state index contributed by atoms with van der Waals surface area (Å²) >= 11 is 0. The molecule has 1 amide bonds. The summed E-state index contributed by atoms with van der Waals surface area (Å²) in [5, 5.41) is 21.0. The Labute approximate surface area is 185 Å². The maximum Gasteiger partial charge on any atom is 0.295 e. The van der Waals surface area contributed by atoms with Gasteiger partial charge in [0.05, 0.1) is 17.7 Å². The summed E-state index contributed by atoms with van der Waals surface area (Å²) in [6.07, 6.45) is 2.34. The van der Waals surface area contributed by atoms with Gasteiger partial charge in [-0.3, -0.25) is 9.59 Å². The van der Waals surface area contributed by atoms with Crippen molar-refractivity contribution in [2.45, 2.75) is 44.4 Å². The smallest absolute Gasteiger partial charge is 0.295 e. The minimum absolute atomic E-state index is 0.0469. The van der Waals surface area contributed by atoms with Gasteiger partial charge in [0.25, 0.3) is 11.7 Å². The van der Waals surface area contributed by atoms with Gasteiger partial charge in [0.2, 0.25) is 0 Å². The molecule has 0 saturated carbocycles. The lowest BCUT2D eigenvalue weighted by atomic mass is 9.94. The van der Waals surface area contributed by atoms with E-state index in [0.29, 0.717) is 24.2 Å². The number of amides is 1. The lowest BCUT2D eigenvalue weighted by Crippen LogP contribution is -2.36. The third-order valence-electron chi connectivity index (χ3n) is 6.34. The molecule has 7 nitrogen and oxygen atoms in total. The van der Waals surface area contributed by atoms with Gasteiger partial charge in [-0.15, -0.1) is 0 Å². The van der Waals surface area contributed by atoms with Gasteiger partial charge in [-0.05, 0) is 61.2 Å². The van der Waals surface area contributed by atoms with Crippen molar-refractivity contribution in [1.29, 1.82) is 0 Å². The fourth-order valence-corrected chi connectivity index (χ4v) is 4.80. The molecular weight excluding hydrogens is 410 g/mol. The van der Waals surface area contributed by atoms with Crippen molar-refractivity contribution in [2.75, 3.05) is 13.2 Å². The molecule has 3 atom stereocenters. The molecule has 2 N–H and O–H groups in total. The lowest BCUT2D eigenvalue weighted by molar-refractivity contribution is -0.140. The van der Waals surface area contributed by atoms with Crippen molar-refractivity contribution in [1.82, 2.24) is 4.90 Å². The standard InChI is InChI=1S/C25H25NO6/c1-14-11-17-12-16(6-9-20(17)32-14)23(28)21-22(15-4-7-18(27)8-5-15)26(25(30)24(21)29)13-19-3-2-10-31-19/h4-9,12,14,19,22,27-28H,2-3,10-11,13H2,1H3. The summed E-state index contributed by atoms with van der Waals surface area (Å²) in [5.41, 5.74) is 2.11.